The first-order chi connectivity index (χ1) is 9.19. The van der Waals surface area contributed by atoms with Crippen molar-refractivity contribution in [2.45, 2.75) is 20.3 Å². The van der Waals surface area contributed by atoms with E-state index in [9.17, 15) is 0 Å². The van der Waals surface area contributed by atoms with Crippen molar-refractivity contribution in [2.75, 3.05) is 26.4 Å². The van der Waals surface area contributed by atoms with Gasteiger partial charge in [-0.3, -0.25) is 5.41 Å². The zero-order valence-electron chi connectivity index (χ0n) is 11.6. The van der Waals surface area contributed by atoms with Crippen LogP contribution in [0.3, 0.4) is 0 Å². The highest BCUT2D eigenvalue weighted by molar-refractivity contribution is 5.95. The average Bonchev–Trinajstić information content (AvgIpc) is 2.40. The van der Waals surface area contributed by atoms with Gasteiger partial charge in [-0.25, -0.2) is 0 Å². The summed E-state index contributed by atoms with van der Waals surface area (Å²) in [7, 11) is 0. The summed E-state index contributed by atoms with van der Waals surface area (Å²) in [6, 6.07) is 5.22. The molecule has 19 heavy (non-hydrogen) atoms. The van der Waals surface area contributed by atoms with Crippen molar-refractivity contribution in [2.24, 2.45) is 5.73 Å². The maximum atomic E-state index is 7.41. The van der Waals surface area contributed by atoms with Crippen molar-refractivity contribution in [3.8, 4) is 11.5 Å². The van der Waals surface area contributed by atoms with Gasteiger partial charge < -0.3 is 19.9 Å². The van der Waals surface area contributed by atoms with Crippen LogP contribution in [0.2, 0.25) is 0 Å². The van der Waals surface area contributed by atoms with Gasteiger partial charge in [0.2, 0.25) is 0 Å². The lowest BCUT2D eigenvalue weighted by Gasteiger charge is -2.13. The molecule has 106 valence electrons. The minimum absolute atomic E-state index is 0.0128. The molecule has 1 aromatic carbocycles. The Kier molecular flexibility index (Phi) is 6.74. The van der Waals surface area contributed by atoms with Crippen LogP contribution in [-0.2, 0) is 4.74 Å². The number of hydrogen-bond acceptors (Lipinski definition) is 4. The van der Waals surface area contributed by atoms with Crippen molar-refractivity contribution in [1.82, 2.24) is 0 Å². The standard InChI is InChI=1S/C14H22N2O3/c1-3-7-17-8-9-19-12-6-5-11(14(15)16)10-13(12)18-4-2/h5-6,10H,3-4,7-9H2,1-2H3,(H3,15,16). The van der Waals surface area contributed by atoms with Crippen molar-refractivity contribution >= 4 is 5.84 Å². The first-order valence-electron chi connectivity index (χ1n) is 6.50. The Morgan fingerprint density at radius 2 is 1.89 bits per heavy atom. The lowest BCUT2D eigenvalue weighted by atomic mass is 10.2. The number of rotatable bonds is 9. The highest BCUT2D eigenvalue weighted by Crippen LogP contribution is 2.28. The Morgan fingerprint density at radius 1 is 1.11 bits per heavy atom. The summed E-state index contributed by atoms with van der Waals surface area (Å²) in [5.41, 5.74) is 6.07. The third-order valence-electron chi connectivity index (χ3n) is 2.39. The van der Waals surface area contributed by atoms with Crippen LogP contribution in [0, 0.1) is 5.41 Å². The van der Waals surface area contributed by atoms with Gasteiger partial charge in [0.05, 0.1) is 13.2 Å². The van der Waals surface area contributed by atoms with E-state index in [0.717, 1.165) is 13.0 Å². The lowest BCUT2D eigenvalue weighted by Crippen LogP contribution is -2.12. The van der Waals surface area contributed by atoms with Gasteiger partial charge in [0.25, 0.3) is 0 Å². The second-order valence-corrected chi connectivity index (χ2v) is 3.97. The Hall–Kier alpha value is -1.75. The fourth-order valence-electron chi connectivity index (χ4n) is 1.52. The average molecular weight is 266 g/mol. The molecule has 3 N–H and O–H groups in total. The molecule has 0 atom stereocenters. The molecular weight excluding hydrogens is 244 g/mol. The van der Waals surface area contributed by atoms with E-state index in [2.05, 4.69) is 6.92 Å². The number of ether oxygens (including phenoxy) is 3. The van der Waals surface area contributed by atoms with Gasteiger partial charge in [0, 0.05) is 12.2 Å². The van der Waals surface area contributed by atoms with Gasteiger partial charge in [-0.2, -0.15) is 0 Å². The predicted octanol–water partition coefficient (Wildman–Crippen LogP) is 2.17. The maximum Gasteiger partial charge on any atom is 0.161 e. The van der Waals surface area contributed by atoms with Crippen molar-refractivity contribution in [3.63, 3.8) is 0 Å². The first-order valence-corrected chi connectivity index (χ1v) is 6.50. The minimum atomic E-state index is 0.0128. The molecule has 0 radical (unpaired) electrons. The molecule has 0 saturated carbocycles. The van der Waals surface area contributed by atoms with Crippen LogP contribution in [0.5, 0.6) is 11.5 Å². The van der Waals surface area contributed by atoms with Crippen LogP contribution < -0.4 is 15.2 Å². The van der Waals surface area contributed by atoms with Crippen molar-refractivity contribution in [3.05, 3.63) is 23.8 Å². The largest absolute Gasteiger partial charge is 0.490 e. The van der Waals surface area contributed by atoms with E-state index in [4.69, 9.17) is 25.4 Å². The van der Waals surface area contributed by atoms with Crippen molar-refractivity contribution in [1.29, 1.82) is 5.41 Å². The molecule has 5 heteroatoms. The summed E-state index contributed by atoms with van der Waals surface area (Å²) in [5.74, 6) is 1.26. The van der Waals surface area contributed by atoms with E-state index in [0.29, 0.717) is 36.9 Å². The van der Waals surface area contributed by atoms with Crippen LogP contribution >= 0.6 is 0 Å². The lowest BCUT2D eigenvalue weighted by molar-refractivity contribution is 0.0992. The molecule has 1 rings (SSSR count). The molecule has 1 aromatic rings. The zero-order chi connectivity index (χ0) is 14.1. The monoisotopic (exact) mass is 266 g/mol. The van der Waals surface area contributed by atoms with Crippen molar-refractivity contribution < 1.29 is 14.2 Å². The molecule has 0 bridgehead atoms. The molecule has 0 amide bonds. The fraction of sp³-hybridized carbons (Fsp3) is 0.500. The van der Waals surface area contributed by atoms with E-state index in [1.807, 2.05) is 6.92 Å². The summed E-state index contributed by atoms with van der Waals surface area (Å²) >= 11 is 0. The quantitative estimate of drug-likeness (QED) is 0.408. The number of benzene rings is 1. The van der Waals surface area contributed by atoms with Crippen LogP contribution in [0.4, 0.5) is 0 Å². The smallest absolute Gasteiger partial charge is 0.161 e. The molecule has 0 unspecified atom stereocenters. The third kappa shape index (κ3) is 5.18. The summed E-state index contributed by atoms with van der Waals surface area (Å²) < 4.78 is 16.4. The van der Waals surface area contributed by atoms with Gasteiger partial charge in [-0.15, -0.1) is 0 Å². The second-order valence-electron chi connectivity index (χ2n) is 3.97. The topological polar surface area (TPSA) is 77.6 Å². The number of nitrogen functional groups attached to an aromatic ring is 1. The highest BCUT2D eigenvalue weighted by Gasteiger charge is 2.07. The van der Waals surface area contributed by atoms with Gasteiger partial charge in [0.15, 0.2) is 11.5 Å². The van der Waals surface area contributed by atoms with E-state index in [1.165, 1.54) is 0 Å². The molecule has 0 spiro atoms. The van der Waals surface area contributed by atoms with Gasteiger partial charge in [-0.05, 0) is 31.5 Å². The normalized spacial score (nSPS) is 10.2. The number of hydrogen-bond donors (Lipinski definition) is 2. The maximum absolute atomic E-state index is 7.41. The summed E-state index contributed by atoms with van der Waals surface area (Å²) in [5, 5.41) is 7.41. The number of nitrogens with two attached hydrogens (primary N) is 1. The SMILES string of the molecule is CCCOCCOc1ccc(C(=N)N)cc1OCC. The van der Waals surface area contributed by atoms with E-state index < -0.39 is 0 Å². The summed E-state index contributed by atoms with van der Waals surface area (Å²) in [6.07, 6.45) is 0.998. The summed E-state index contributed by atoms with van der Waals surface area (Å²) in [4.78, 5) is 0. The van der Waals surface area contributed by atoms with Crippen LogP contribution in [0.1, 0.15) is 25.8 Å². The van der Waals surface area contributed by atoms with Crippen LogP contribution in [-0.4, -0.2) is 32.3 Å². The Bertz CT molecular complexity index is 408. The van der Waals surface area contributed by atoms with Crippen LogP contribution in [0.25, 0.3) is 0 Å². The highest BCUT2D eigenvalue weighted by atomic mass is 16.5. The molecule has 0 aliphatic rings. The van der Waals surface area contributed by atoms with E-state index in [1.54, 1.807) is 18.2 Å². The molecule has 0 aliphatic heterocycles. The molecule has 5 nitrogen and oxygen atoms in total. The van der Waals surface area contributed by atoms with Gasteiger partial charge >= 0.3 is 0 Å². The first kappa shape index (κ1) is 15.3. The van der Waals surface area contributed by atoms with Crippen LogP contribution in [0.15, 0.2) is 18.2 Å². The number of amidine groups is 1. The predicted molar refractivity (Wildman–Crippen MR) is 75.2 cm³/mol. The Morgan fingerprint density at radius 3 is 2.53 bits per heavy atom. The summed E-state index contributed by atoms with van der Waals surface area (Å²) in [6.45, 7) is 6.26. The third-order valence-corrected chi connectivity index (χ3v) is 2.39. The van der Waals surface area contributed by atoms with Gasteiger partial charge in [-0.1, -0.05) is 6.92 Å². The fourth-order valence-corrected chi connectivity index (χ4v) is 1.52. The molecule has 0 fully saturated rings. The second kappa shape index (κ2) is 8.37. The number of nitrogens with one attached hydrogen (secondary N) is 1. The van der Waals surface area contributed by atoms with Gasteiger partial charge in [0.1, 0.15) is 12.4 Å². The molecule has 0 saturated heterocycles. The zero-order valence-corrected chi connectivity index (χ0v) is 11.6. The van der Waals surface area contributed by atoms with E-state index in [-0.39, 0.29) is 5.84 Å². The molecule has 0 aliphatic carbocycles. The minimum Gasteiger partial charge on any atom is -0.490 e. The Balaban J connectivity index is 2.62. The molecular formula is C14H22N2O3. The molecule has 0 heterocycles. The molecule has 0 aromatic heterocycles. The van der Waals surface area contributed by atoms with E-state index >= 15 is 0 Å². The Labute approximate surface area is 114 Å².